The summed E-state index contributed by atoms with van der Waals surface area (Å²) in [7, 11) is 2.21. The van der Waals surface area contributed by atoms with Crippen molar-refractivity contribution in [2.45, 2.75) is 38.6 Å². The van der Waals surface area contributed by atoms with Crippen LogP contribution in [0.1, 0.15) is 42.4 Å². The van der Waals surface area contributed by atoms with E-state index in [1.807, 2.05) is 24.0 Å². The minimum atomic E-state index is -0.0236. The summed E-state index contributed by atoms with van der Waals surface area (Å²) in [6.45, 7) is 14.5. The number of anilines is 4. The van der Waals surface area contributed by atoms with Crippen molar-refractivity contribution in [1.29, 1.82) is 0 Å². The molecule has 0 spiro atoms. The predicted molar refractivity (Wildman–Crippen MR) is 164 cm³/mol. The van der Waals surface area contributed by atoms with Crippen molar-refractivity contribution >= 4 is 35.2 Å². The summed E-state index contributed by atoms with van der Waals surface area (Å²) in [6.07, 6.45) is 6.11. The van der Waals surface area contributed by atoms with Gasteiger partial charge in [0.25, 0.3) is 0 Å². The van der Waals surface area contributed by atoms with Crippen LogP contribution in [0.15, 0.2) is 36.9 Å². The van der Waals surface area contributed by atoms with Crippen LogP contribution in [0.25, 0.3) is 0 Å². The molecule has 0 bridgehead atoms. The summed E-state index contributed by atoms with van der Waals surface area (Å²) in [5.41, 5.74) is 3.14. The highest BCUT2D eigenvalue weighted by Crippen LogP contribution is 2.27. The first-order valence-corrected chi connectivity index (χ1v) is 15.0. The highest BCUT2D eigenvalue weighted by atomic mass is 16.2. The second kappa shape index (κ2) is 13.4. The zero-order valence-corrected chi connectivity index (χ0v) is 24.5. The van der Waals surface area contributed by atoms with E-state index < -0.39 is 0 Å². The molecule has 10 heteroatoms. The van der Waals surface area contributed by atoms with Gasteiger partial charge in [-0.3, -0.25) is 14.5 Å². The number of carbonyl (C=O) groups excluding carboxylic acids is 2. The monoisotopic (exact) mass is 560 g/mol. The number of hydrogen-bond acceptors (Lipinski definition) is 9. The Morgan fingerprint density at radius 2 is 1.73 bits per heavy atom. The zero-order valence-electron chi connectivity index (χ0n) is 24.5. The Hall–Kier alpha value is -3.50. The van der Waals surface area contributed by atoms with Gasteiger partial charge in [-0.2, -0.15) is 0 Å². The number of piperidine rings is 1. The standard InChI is InChI=1S/C31H44N8O2/c1-4-27-30(32-20-23-10-13-39(21-23)29(41)5-2)35-31(28(22-40)34-27)33-24-6-8-25(9-7-24)37-14-11-26(12-15-37)38-18-16-36(3)17-19-38/h5-9,22-23,26H,2,4,10-21H2,1,3H3,(H2,32,33,35)/t23-/m1/s1. The second-order valence-corrected chi connectivity index (χ2v) is 11.5. The number of benzene rings is 1. The molecule has 3 fully saturated rings. The Morgan fingerprint density at radius 1 is 1.00 bits per heavy atom. The maximum absolute atomic E-state index is 11.9. The maximum Gasteiger partial charge on any atom is 0.245 e. The third kappa shape index (κ3) is 7.05. The van der Waals surface area contributed by atoms with E-state index in [0.717, 1.165) is 43.7 Å². The van der Waals surface area contributed by atoms with Crippen molar-refractivity contribution in [2.24, 2.45) is 5.92 Å². The van der Waals surface area contributed by atoms with Gasteiger partial charge in [0.15, 0.2) is 12.1 Å². The number of hydrogen-bond donors (Lipinski definition) is 2. The maximum atomic E-state index is 11.9. The van der Waals surface area contributed by atoms with E-state index in [9.17, 15) is 9.59 Å². The van der Waals surface area contributed by atoms with Crippen LogP contribution in [0.2, 0.25) is 0 Å². The number of rotatable bonds is 10. The smallest absolute Gasteiger partial charge is 0.245 e. The van der Waals surface area contributed by atoms with Crippen LogP contribution in [0, 0.1) is 5.92 Å². The fourth-order valence-electron chi connectivity index (χ4n) is 6.19. The van der Waals surface area contributed by atoms with Crippen LogP contribution >= 0.6 is 0 Å². The molecule has 0 radical (unpaired) electrons. The van der Waals surface area contributed by atoms with E-state index in [2.05, 4.69) is 56.1 Å². The van der Waals surface area contributed by atoms with Crippen molar-refractivity contribution < 1.29 is 9.59 Å². The van der Waals surface area contributed by atoms with Crippen LogP contribution < -0.4 is 15.5 Å². The van der Waals surface area contributed by atoms with Crippen molar-refractivity contribution in [3.8, 4) is 0 Å². The van der Waals surface area contributed by atoms with Crippen LogP contribution in [0.4, 0.5) is 23.0 Å². The predicted octanol–water partition coefficient (Wildman–Crippen LogP) is 3.26. The van der Waals surface area contributed by atoms with E-state index >= 15 is 0 Å². The van der Waals surface area contributed by atoms with Gasteiger partial charge in [-0.05, 0) is 69.0 Å². The number of likely N-dealkylation sites (N-methyl/N-ethyl adjacent to an activating group) is 1. The summed E-state index contributed by atoms with van der Waals surface area (Å²) >= 11 is 0. The molecule has 0 aliphatic carbocycles. The highest BCUT2D eigenvalue weighted by molar-refractivity contribution is 5.87. The molecular weight excluding hydrogens is 516 g/mol. The lowest BCUT2D eigenvalue weighted by atomic mass is 10.0. The number of likely N-dealkylation sites (tertiary alicyclic amines) is 1. The van der Waals surface area contributed by atoms with Gasteiger partial charge in [0.1, 0.15) is 11.5 Å². The average molecular weight is 561 g/mol. The molecule has 0 saturated carbocycles. The number of aryl methyl sites for hydroxylation is 1. The van der Waals surface area contributed by atoms with Crippen molar-refractivity contribution in [3.05, 3.63) is 48.3 Å². The van der Waals surface area contributed by atoms with E-state index in [4.69, 9.17) is 4.98 Å². The molecule has 1 atom stereocenters. The molecular formula is C31H44N8O2. The lowest BCUT2D eigenvalue weighted by Crippen LogP contribution is -2.52. The fraction of sp³-hybridized carbons (Fsp3) is 0.548. The van der Waals surface area contributed by atoms with E-state index in [0.29, 0.717) is 48.8 Å². The summed E-state index contributed by atoms with van der Waals surface area (Å²) in [5, 5.41) is 6.76. The number of amides is 1. The highest BCUT2D eigenvalue weighted by Gasteiger charge is 2.27. The summed E-state index contributed by atoms with van der Waals surface area (Å²) in [5.74, 6) is 1.42. The quantitative estimate of drug-likeness (QED) is 0.335. The molecule has 1 amide bonds. The first-order valence-electron chi connectivity index (χ1n) is 15.0. The van der Waals surface area contributed by atoms with Crippen LogP contribution in [0.3, 0.4) is 0 Å². The number of piperazine rings is 1. The molecule has 3 saturated heterocycles. The molecule has 220 valence electrons. The number of nitrogens with one attached hydrogen (secondary N) is 2. The van der Waals surface area contributed by atoms with Crippen molar-refractivity contribution in [3.63, 3.8) is 0 Å². The number of aromatic nitrogens is 2. The molecule has 3 aliphatic heterocycles. The van der Waals surface area contributed by atoms with E-state index in [1.54, 1.807) is 0 Å². The number of nitrogens with zero attached hydrogens (tertiary/aromatic N) is 6. The van der Waals surface area contributed by atoms with Gasteiger partial charge >= 0.3 is 0 Å². The number of aldehydes is 1. The molecule has 2 aromatic rings. The van der Waals surface area contributed by atoms with Gasteiger partial charge in [-0.1, -0.05) is 13.5 Å². The third-order valence-corrected chi connectivity index (χ3v) is 8.79. The first kappa shape index (κ1) is 29.0. The van der Waals surface area contributed by atoms with E-state index in [-0.39, 0.29) is 5.91 Å². The SMILES string of the molecule is C=CC(=O)N1CC[C@H](CNc2nc(Nc3ccc(N4CCC(N5CCN(C)CC5)CC4)cc3)c(C=O)nc2CC)C1. The van der Waals surface area contributed by atoms with Gasteiger partial charge in [-0.25, -0.2) is 9.97 Å². The largest absolute Gasteiger partial charge is 0.371 e. The normalized spacial score (nSPS) is 20.7. The van der Waals surface area contributed by atoms with Crippen LogP contribution in [-0.2, 0) is 11.2 Å². The Balaban J connectivity index is 1.19. The topological polar surface area (TPSA) is 96.9 Å². The molecule has 2 N–H and O–H groups in total. The zero-order chi connectivity index (χ0) is 28.8. The Morgan fingerprint density at radius 3 is 2.39 bits per heavy atom. The Bertz CT molecular complexity index is 1200. The first-order chi connectivity index (χ1) is 20.0. The van der Waals surface area contributed by atoms with Gasteiger partial charge in [0.05, 0.1) is 5.69 Å². The third-order valence-electron chi connectivity index (χ3n) is 8.79. The number of carbonyl (C=O) groups is 2. The summed E-state index contributed by atoms with van der Waals surface area (Å²) < 4.78 is 0. The molecule has 10 nitrogen and oxygen atoms in total. The minimum Gasteiger partial charge on any atom is -0.371 e. The van der Waals surface area contributed by atoms with Crippen molar-refractivity contribution in [1.82, 2.24) is 24.7 Å². The van der Waals surface area contributed by atoms with Gasteiger partial charge in [-0.15, -0.1) is 0 Å². The van der Waals surface area contributed by atoms with Gasteiger partial charge < -0.3 is 25.3 Å². The van der Waals surface area contributed by atoms with Gasteiger partial charge in [0.2, 0.25) is 5.91 Å². The van der Waals surface area contributed by atoms with Crippen LogP contribution in [-0.4, -0.2) is 109 Å². The van der Waals surface area contributed by atoms with Crippen LogP contribution in [0.5, 0.6) is 0 Å². The van der Waals surface area contributed by atoms with Crippen molar-refractivity contribution in [2.75, 3.05) is 81.5 Å². The lowest BCUT2D eigenvalue weighted by Gasteiger charge is -2.42. The molecule has 3 aliphatic rings. The fourth-order valence-corrected chi connectivity index (χ4v) is 6.19. The Labute approximate surface area is 243 Å². The summed E-state index contributed by atoms with van der Waals surface area (Å²) in [6, 6.07) is 9.06. The minimum absolute atomic E-state index is 0.0236. The summed E-state index contributed by atoms with van der Waals surface area (Å²) in [4.78, 5) is 42.6. The second-order valence-electron chi connectivity index (χ2n) is 11.5. The lowest BCUT2D eigenvalue weighted by molar-refractivity contribution is -0.125. The Kier molecular flexibility index (Phi) is 9.51. The average Bonchev–Trinajstić information content (AvgIpc) is 3.50. The van der Waals surface area contributed by atoms with E-state index in [1.165, 1.54) is 50.8 Å². The molecule has 1 aromatic carbocycles. The molecule has 1 aromatic heterocycles. The molecule has 0 unspecified atom stereocenters. The molecule has 41 heavy (non-hydrogen) atoms. The molecule has 4 heterocycles. The molecule has 5 rings (SSSR count). The van der Waals surface area contributed by atoms with Gasteiger partial charge in [0, 0.05) is 76.3 Å².